The number of hydrogen-bond donors (Lipinski definition) is 2. The van der Waals surface area contributed by atoms with E-state index in [9.17, 15) is 40.3 Å². The molecule has 1 aromatic carbocycles. The predicted molar refractivity (Wildman–Crippen MR) is 109 cm³/mol. The number of hydrogen-bond acceptors (Lipinski definition) is 4. The number of carbonyl (C=O) groups is 2. The molecule has 2 rings (SSSR count). The van der Waals surface area contributed by atoms with Gasteiger partial charge in [-0.3, -0.25) is 9.59 Å². The standard InChI is InChI=1S/C20H18F7N3O2S/c1-10(2)15-8-13(9-33-15)16(31)30-29-11(3)12-4-6-14(7-5-12)28-17(32)18(21,22)19(23,24)20(25,26)27/h4-10H,1-3H3,(H,28,32)(H,30,31)/b29-11+. The highest BCUT2D eigenvalue weighted by molar-refractivity contribution is 7.10. The molecule has 13 heteroatoms. The molecule has 2 aromatic rings. The second-order valence-electron chi connectivity index (χ2n) is 7.21. The van der Waals surface area contributed by atoms with Gasteiger partial charge < -0.3 is 5.32 Å². The molecule has 1 heterocycles. The van der Waals surface area contributed by atoms with Crippen LogP contribution < -0.4 is 10.7 Å². The molecule has 2 amide bonds. The minimum atomic E-state index is -6.62. The van der Waals surface area contributed by atoms with Crippen molar-refractivity contribution >= 4 is 34.6 Å². The van der Waals surface area contributed by atoms with E-state index in [-0.39, 0.29) is 11.6 Å². The van der Waals surface area contributed by atoms with Gasteiger partial charge in [0.1, 0.15) is 0 Å². The zero-order valence-electron chi connectivity index (χ0n) is 17.4. The van der Waals surface area contributed by atoms with Gasteiger partial charge in [-0.15, -0.1) is 11.3 Å². The van der Waals surface area contributed by atoms with E-state index in [1.165, 1.54) is 35.7 Å². The fourth-order valence-electron chi connectivity index (χ4n) is 2.36. The second kappa shape index (κ2) is 9.49. The smallest absolute Gasteiger partial charge is 0.321 e. The minimum Gasteiger partial charge on any atom is -0.321 e. The Kier molecular flexibility index (Phi) is 7.56. The van der Waals surface area contributed by atoms with Crippen molar-refractivity contribution < 1.29 is 40.3 Å². The van der Waals surface area contributed by atoms with Gasteiger partial charge in [0.05, 0.1) is 11.3 Å². The quantitative estimate of drug-likeness (QED) is 0.289. The number of anilines is 1. The summed E-state index contributed by atoms with van der Waals surface area (Å²) in [5, 5.41) is 6.91. The highest BCUT2D eigenvalue weighted by atomic mass is 32.1. The molecule has 33 heavy (non-hydrogen) atoms. The number of nitrogens with zero attached hydrogens (tertiary/aromatic N) is 1. The van der Waals surface area contributed by atoms with E-state index >= 15 is 0 Å². The summed E-state index contributed by atoms with van der Waals surface area (Å²) in [7, 11) is 0. The Balaban J connectivity index is 2.06. The van der Waals surface area contributed by atoms with E-state index < -0.39 is 35.5 Å². The van der Waals surface area contributed by atoms with Crippen LogP contribution in [0.2, 0.25) is 0 Å². The summed E-state index contributed by atoms with van der Waals surface area (Å²) in [4.78, 5) is 24.6. The maximum Gasteiger partial charge on any atom is 0.460 e. The van der Waals surface area contributed by atoms with Crippen molar-refractivity contribution in [3.05, 3.63) is 51.7 Å². The van der Waals surface area contributed by atoms with Crippen LogP contribution in [0.5, 0.6) is 0 Å². The lowest BCUT2D eigenvalue weighted by molar-refractivity contribution is -0.343. The first-order valence-corrected chi connectivity index (χ1v) is 10.1. The molecule has 0 saturated heterocycles. The number of thiophene rings is 1. The van der Waals surface area contributed by atoms with Crippen LogP contribution in [0.4, 0.5) is 36.4 Å². The van der Waals surface area contributed by atoms with Gasteiger partial charge in [0, 0.05) is 15.9 Å². The maximum atomic E-state index is 13.4. The first-order valence-electron chi connectivity index (χ1n) is 9.25. The van der Waals surface area contributed by atoms with Gasteiger partial charge >= 0.3 is 23.9 Å². The van der Waals surface area contributed by atoms with Crippen LogP contribution in [0.15, 0.2) is 40.8 Å². The van der Waals surface area contributed by atoms with Crippen molar-refractivity contribution in [3.63, 3.8) is 0 Å². The van der Waals surface area contributed by atoms with Crippen molar-refractivity contribution in [1.29, 1.82) is 0 Å². The maximum absolute atomic E-state index is 13.4. The third kappa shape index (κ3) is 5.70. The Morgan fingerprint density at radius 2 is 1.55 bits per heavy atom. The topological polar surface area (TPSA) is 70.6 Å². The van der Waals surface area contributed by atoms with Crippen molar-refractivity contribution in [2.75, 3.05) is 5.32 Å². The van der Waals surface area contributed by atoms with Gasteiger partial charge in [-0.25, -0.2) is 5.43 Å². The first-order chi connectivity index (χ1) is 15.1. The van der Waals surface area contributed by atoms with Crippen molar-refractivity contribution in [3.8, 4) is 0 Å². The summed E-state index contributed by atoms with van der Waals surface area (Å²) in [5.41, 5.74) is 2.94. The summed E-state index contributed by atoms with van der Waals surface area (Å²) in [6.45, 7) is 5.45. The average Bonchev–Trinajstić information content (AvgIpc) is 3.22. The monoisotopic (exact) mass is 497 g/mol. The molecule has 1 aromatic heterocycles. The predicted octanol–water partition coefficient (Wildman–Crippen LogP) is 5.80. The van der Waals surface area contributed by atoms with E-state index in [4.69, 9.17) is 0 Å². The first kappa shape index (κ1) is 26.3. The second-order valence-corrected chi connectivity index (χ2v) is 8.15. The summed E-state index contributed by atoms with van der Waals surface area (Å²) in [6.07, 6.45) is -6.62. The van der Waals surface area contributed by atoms with Crippen molar-refractivity contribution in [1.82, 2.24) is 5.43 Å². The number of amides is 2. The van der Waals surface area contributed by atoms with Gasteiger partial charge in [0.25, 0.3) is 5.91 Å². The SMILES string of the molecule is C/C(=N\NC(=O)c1csc(C(C)C)c1)c1ccc(NC(=O)C(F)(F)C(F)(F)C(F)(F)F)cc1. The Labute approximate surface area is 187 Å². The molecular weight excluding hydrogens is 479 g/mol. The number of rotatable bonds is 7. The molecule has 0 aliphatic rings. The molecule has 0 fully saturated rings. The summed E-state index contributed by atoms with van der Waals surface area (Å²) < 4.78 is 89.3. The number of nitrogens with one attached hydrogen (secondary N) is 2. The molecule has 0 saturated carbocycles. The van der Waals surface area contributed by atoms with E-state index in [0.717, 1.165) is 17.0 Å². The molecular formula is C20H18F7N3O2S. The number of benzene rings is 1. The third-order valence-electron chi connectivity index (χ3n) is 4.37. The lowest BCUT2D eigenvalue weighted by Crippen LogP contribution is -2.57. The van der Waals surface area contributed by atoms with E-state index in [1.54, 1.807) is 11.4 Å². The minimum absolute atomic E-state index is 0.250. The van der Waals surface area contributed by atoms with Crippen LogP contribution in [0.25, 0.3) is 0 Å². The largest absolute Gasteiger partial charge is 0.460 e. The molecule has 0 atom stereocenters. The van der Waals surface area contributed by atoms with Crippen LogP contribution >= 0.6 is 11.3 Å². The molecule has 2 N–H and O–H groups in total. The van der Waals surface area contributed by atoms with Crippen LogP contribution in [0.1, 0.15) is 47.5 Å². The van der Waals surface area contributed by atoms with Crippen LogP contribution in [0, 0.1) is 0 Å². The summed E-state index contributed by atoms with van der Waals surface area (Å²) in [6, 6.07) is 6.21. The fourth-order valence-corrected chi connectivity index (χ4v) is 3.27. The molecule has 0 aliphatic heterocycles. The van der Waals surface area contributed by atoms with Crippen molar-refractivity contribution in [2.45, 2.75) is 44.7 Å². The Bertz CT molecular complexity index is 1040. The van der Waals surface area contributed by atoms with Crippen LogP contribution in [-0.2, 0) is 4.79 Å². The third-order valence-corrected chi connectivity index (χ3v) is 5.61. The Morgan fingerprint density at radius 1 is 0.970 bits per heavy atom. The zero-order valence-corrected chi connectivity index (χ0v) is 18.2. The normalized spacial score (nSPS) is 13.2. The number of carbonyl (C=O) groups excluding carboxylic acids is 2. The number of hydrazone groups is 1. The zero-order chi connectivity index (χ0) is 25.2. The van der Waals surface area contributed by atoms with Gasteiger partial charge in [0.2, 0.25) is 0 Å². The van der Waals surface area contributed by atoms with E-state index in [1.807, 2.05) is 13.8 Å². The van der Waals surface area contributed by atoms with Gasteiger partial charge in [0.15, 0.2) is 0 Å². The molecule has 5 nitrogen and oxygen atoms in total. The average molecular weight is 497 g/mol. The molecule has 180 valence electrons. The summed E-state index contributed by atoms with van der Waals surface area (Å²) in [5.74, 6) is -15.6. The molecule has 0 unspecified atom stereocenters. The fraction of sp³-hybridized carbons (Fsp3) is 0.350. The van der Waals surface area contributed by atoms with E-state index in [2.05, 4.69) is 10.5 Å². The van der Waals surface area contributed by atoms with Crippen LogP contribution in [-0.4, -0.2) is 35.5 Å². The number of halogens is 7. The molecule has 0 radical (unpaired) electrons. The summed E-state index contributed by atoms with van der Waals surface area (Å²) >= 11 is 1.42. The Morgan fingerprint density at radius 3 is 2.03 bits per heavy atom. The lowest BCUT2D eigenvalue weighted by Gasteiger charge is -2.27. The molecule has 0 aliphatic carbocycles. The highest BCUT2D eigenvalue weighted by Crippen LogP contribution is 2.46. The van der Waals surface area contributed by atoms with E-state index in [0.29, 0.717) is 11.1 Å². The van der Waals surface area contributed by atoms with Crippen LogP contribution in [0.3, 0.4) is 0 Å². The molecule has 0 spiro atoms. The van der Waals surface area contributed by atoms with Gasteiger partial charge in [-0.1, -0.05) is 26.0 Å². The van der Waals surface area contributed by atoms with Gasteiger partial charge in [-0.05, 0) is 36.6 Å². The number of alkyl halides is 7. The lowest BCUT2D eigenvalue weighted by atomic mass is 10.1. The Hall–Kier alpha value is -2.96. The van der Waals surface area contributed by atoms with Crippen molar-refractivity contribution in [2.24, 2.45) is 5.10 Å². The highest BCUT2D eigenvalue weighted by Gasteiger charge is 2.76. The molecule has 0 bridgehead atoms. The van der Waals surface area contributed by atoms with Gasteiger partial charge in [-0.2, -0.15) is 35.8 Å².